The van der Waals surface area contributed by atoms with Crippen LogP contribution in [-0.4, -0.2) is 35.5 Å². The zero-order valence-electron chi connectivity index (χ0n) is 9.83. The highest BCUT2D eigenvalue weighted by Crippen LogP contribution is 2.28. The molecule has 1 saturated heterocycles. The first-order chi connectivity index (χ1) is 7.12. The molecule has 4 atom stereocenters. The molecule has 3 heteroatoms. The monoisotopic (exact) mass is 213 g/mol. The smallest absolute Gasteiger partial charge is 0.0726 e. The van der Waals surface area contributed by atoms with Gasteiger partial charge in [-0.2, -0.15) is 0 Å². The molecular weight excluding hydrogens is 190 g/mol. The fourth-order valence-corrected chi connectivity index (χ4v) is 2.73. The van der Waals surface area contributed by atoms with Crippen molar-refractivity contribution < 1.29 is 9.84 Å². The van der Waals surface area contributed by atoms with Gasteiger partial charge in [0.05, 0.1) is 12.2 Å². The summed E-state index contributed by atoms with van der Waals surface area (Å²) in [6.07, 6.45) is 5.60. The number of hydrogen-bond donors (Lipinski definition) is 2. The molecule has 0 bridgehead atoms. The van der Waals surface area contributed by atoms with Crippen molar-refractivity contribution in [3.63, 3.8) is 0 Å². The zero-order chi connectivity index (χ0) is 10.9. The van der Waals surface area contributed by atoms with Gasteiger partial charge in [-0.15, -0.1) is 0 Å². The van der Waals surface area contributed by atoms with Gasteiger partial charge in [0, 0.05) is 18.2 Å². The fourth-order valence-electron chi connectivity index (χ4n) is 2.73. The normalized spacial score (nSPS) is 47.0. The van der Waals surface area contributed by atoms with E-state index in [9.17, 15) is 5.11 Å². The number of rotatable bonds is 2. The molecule has 2 rings (SSSR count). The van der Waals surface area contributed by atoms with E-state index in [1.54, 1.807) is 0 Å². The Hall–Kier alpha value is -0.120. The standard InChI is InChI=1S/C12H23NO2/c1-9-12(2,7-8-15-9)13-10-5-3-4-6-11(10)14/h9-11,13-14H,3-8H2,1-2H3/t9?,10-,11-,12?/m1/s1. The third-order valence-electron chi connectivity index (χ3n) is 4.13. The van der Waals surface area contributed by atoms with Crippen molar-refractivity contribution in [1.82, 2.24) is 5.32 Å². The first kappa shape index (κ1) is 11.4. The molecule has 2 unspecified atom stereocenters. The van der Waals surface area contributed by atoms with Crippen LogP contribution in [0.15, 0.2) is 0 Å². The molecule has 0 aromatic rings. The van der Waals surface area contributed by atoms with E-state index in [1.807, 2.05) is 0 Å². The molecule has 88 valence electrons. The summed E-state index contributed by atoms with van der Waals surface area (Å²) in [5.74, 6) is 0. The third kappa shape index (κ3) is 2.35. The highest BCUT2D eigenvalue weighted by molar-refractivity contribution is 4.97. The molecule has 1 aliphatic heterocycles. The molecule has 0 spiro atoms. The molecule has 1 aliphatic carbocycles. The summed E-state index contributed by atoms with van der Waals surface area (Å²) in [6, 6.07) is 0.271. The lowest BCUT2D eigenvalue weighted by molar-refractivity contribution is 0.0460. The van der Waals surface area contributed by atoms with Crippen LogP contribution < -0.4 is 5.32 Å². The van der Waals surface area contributed by atoms with E-state index in [0.29, 0.717) is 0 Å². The van der Waals surface area contributed by atoms with Gasteiger partial charge in [0.1, 0.15) is 0 Å². The fraction of sp³-hybridized carbons (Fsp3) is 1.00. The van der Waals surface area contributed by atoms with Crippen LogP contribution in [0, 0.1) is 0 Å². The van der Waals surface area contributed by atoms with Gasteiger partial charge in [0.25, 0.3) is 0 Å². The topological polar surface area (TPSA) is 41.5 Å². The van der Waals surface area contributed by atoms with E-state index in [2.05, 4.69) is 19.2 Å². The lowest BCUT2D eigenvalue weighted by Crippen LogP contribution is -2.56. The molecule has 1 saturated carbocycles. The van der Waals surface area contributed by atoms with Crippen molar-refractivity contribution in [1.29, 1.82) is 0 Å². The number of aliphatic hydroxyl groups excluding tert-OH is 1. The predicted octanol–water partition coefficient (Wildman–Crippen LogP) is 1.45. The average molecular weight is 213 g/mol. The van der Waals surface area contributed by atoms with E-state index >= 15 is 0 Å². The summed E-state index contributed by atoms with van der Waals surface area (Å²) >= 11 is 0. The number of ether oxygens (including phenoxy) is 1. The molecule has 0 aromatic heterocycles. The second-order valence-electron chi connectivity index (χ2n) is 5.28. The van der Waals surface area contributed by atoms with Crippen LogP contribution in [0.4, 0.5) is 0 Å². The third-order valence-corrected chi connectivity index (χ3v) is 4.13. The Morgan fingerprint density at radius 3 is 2.67 bits per heavy atom. The maximum absolute atomic E-state index is 9.93. The van der Waals surface area contributed by atoms with E-state index in [0.717, 1.165) is 25.9 Å². The van der Waals surface area contributed by atoms with Crippen LogP contribution in [0.5, 0.6) is 0 Å². The predicted molar refractivity (Wildman–Crippen MR) is 59.8 cm³/mol. The minimum Gasteiger partial charge on any atom is -0.392 e. The van der Waals surface area contributed by atoms with Crippen molar-refractivity contribution >= 4 is 0 Å². The van der Waals surface area contributed by atoms with Crippen LogP contribution in [0.2, 0.25) is 0 Å². The Balaban J connectivity index is 1.94. The Morgan fingerprint density at radius 1 is 1.33 bits per heavy atom. The summed E-state index contributed by atoms with van der Waals surface area (Å²) in [6.45, 7) is 5.18. The molecule has 2 fully saturated rings. The largest absolute Gasteiger partial charge is 0.392 e. The van der Waals surface area contributed by atoms with Crippen LogP contribution in [0.3, 0.4) is 0 Å². The summed E-state index contributed by atoms with van der Waals surface area (Å²) < 4.78 is 5.60. The molecule has 1 heterocycles. The van der Waals surface area contributed by atoms with Gasteiger partial charge in [-0.05, 0) is 33.1 Å². The quantitative estimate of drug-likeness (QED) is 0.729. The lowest BCUT2D eigenvalue weighted by Gasteiger charge is -2.38. The first-order valence-electron chi connectivity index (χ1n) is 6.19. The van der Waals surface area contributed by atoms with E-state index in [-0.39, 0.29) is 23.8 Å². The summed E-state index contributed by atoms with van der Waals surface area (Å²) in [7, 11) is 0. The highest BCUT2D eigenvalue weighted by Gasteiger charge is 2.40. The SMILES string of the molecule is CC1OCCC1(C)N[C@@H]1CCCC[C@H]1O. The summed E-state index contributed by atoms with van der Waals surface area (Å²) in [5.41, 5.74) is 0.0585. The maximum Gasteiger partial charge on any atom is 0.0726 e. The lowest BCUT2D eigenvalue weighted by atomic mass is 9.87. The minimum atomic E-state index is -0.164. The number of nitrogens with one attached hydrogen (secondary N) is 1. The average Bonchev–Trinajstić information content (AvgIpc) is 2.51. The molecule has 0 amide bonds. The highest BCUT2D eigenvalue weighted by atomic mass is 16.5. The van der Waals surface area contributed by atoms with E-state index < -0.39 is 0 Å². The number of aliphatic hydroxyl groups is 1. The van der Waals surface area contributed by atoms with Gasteiger partial charge in [0.15, 0.2) is 0 Å². The molecule has 0 radical (unpaired) electrons. The van der Waals surface area contributed by atoms with Crippen molar-refractivity contribution in [2.24, 2.45) is 0 Å². The molecule has 2 N–H and O–H groups in total. The molecule has 15 heavy (non-hydrogen) atoms. The zero-order valence-corrected chi connectivity index (χ0v) is 9.83. The Kier molecular flexibility index (Phi) is 3.33. The van der Waals surface area contributed by atoms with Crippen molar-refractivity contribution in [2.75, 3.05) is 6.61 Å². The molecular formula is C12H23NO2. The van der Waals surface area contributed by atoms with Crippen molar-refractivity contribution in [2.45, 2.75) is 69.7 Å². The van der Waals surface area contributed by atoms with Crippen molar-refractivity contribution in [3.05, 3.63) is 0 Å². The van der Waals surface area contributed by atoms with Gasteiger partial charge < -0.3 is 15.2 Å². The van der Waals surface area contributed by atoms with Crippen LogP contribution >= 0.6 is 0 Å². The minimum absolute atomic E-state index is 0.0585. The second-order valence-corrected chi connectivity index (χ2v) is 5.28. The summed E-state index contributed by atoms with van der Waals surface area (Å²) in [4.78, 5) is 0. The van der Waals surface area contributed by atoms with Crippen LogP contribution in [0.1, 0.15) is 46.0 Å². The second kappa shape index (κ2) is 4.40. The van der Waals surface area contributed by atoms with E-state index in [4.69, 9.17) is 4.74 Å². The van der Waals surface area contributed by atoms with Gasteiger partial charge in [-0.1, -0.05) is 12.8 Å². The van der Waals surface area contributed by atoms with Gasteiger partial charge in [0.2, 0.25) is 0 Å². The Bertz CT molecular complexity index is 222. The Morgan fingerprint density at radius 2 is 2.07 bits per heavy atom. The van der Waals surface area contributed by atoms with E-state index in [1.165, 1.54) is 12.8 Å². The molecule has 2 aliphatic rings. The van der Waals surface area contributed by atoms with Gasteiger partial charge in [-0.25, -0.2) is 0 Å². The Labute approximate surface area is 92.2 Å². The number of hydrogen-bond acceptors (Lipinski definition) is 3. The summed E-state index contributed by atoms with van der Waals surface area (Å²) in [5, 5.41) is 13.5. The van der Waals surface area contributed by atoms with Gasteiger partial charge >= 0.3 is 0 Å². The van der Waals surface area contributed by atoms with Crippen molar-refractivity contribution in [3.8, 4) is 0 Å². The first-order valence-corrected chi connectivity index (χ1v) is 6.19. The maximum atomic E-state index is 9.93. The van der Waals surface area contributed by atoms with Crippen LogP contribution in [-0.2, 0) is 4.74 Å². The van der Waals surface area contributed by atoms with Gasteiger partial charge in [-0.3, -0.25) is 0 Å². The molecule has 0 aromatic carbocycles. The molecule has 3 nitrogen and oxygen atoms in total. The van der Waals surface area contributed by atoms with Crippen LogP contribution in [0.25, 0.3) is 0 Å².